The molecule has 0 fully saturated rings. The van der Waals surface area contributed by atoms with E-state index in [-0.39, 0.29) is 5.75 Å². The minimum absolute atomic E-state index is 0.0997. The predicted octanol–water partition coefficient (Wildman–Crippen LogP) is 1.96. The van der Waals surface area contributed by atoms with Crippen LogP contribution in [0.15, 0.2) is 12.1 Å². The molecule has 0 heterocycles. The maximum absolute atomic E-state index is 12.9. The third-order valence-corrected chi connectivity index (χ3v) is 1.67. The molecule has 3 heteroatoms. The molecule has 0 atom stereocenters. The number of ether oxygens (including phenoxy) is 1. The second kappa shape index (κ2) is 3.34. The van der Waals surface area contributed by atoms with E-state index in [9.17, 15) is 9.18 Å². The van der Waals surface area contributed by atoms with Gasteiger partial charge in [0.25, 0.3) is 0 Å². The molecular formula is C9H9FO2. The number of methoxy groups -OCH3 is 1. The Bertz CT molecular complexity index is 308. The van der Waals surface area contributed by atoms with Crippen molar-refractivity contribution in [1.82, 2.24) is 0 Å². The lowest BCUT2D eigenvalue weighted by molar-refractivity contribution is 0.112. The number of rotatable bonds is 2. The van der Waals surface area contributed by atoms with E-state index in [1.165, 1.54) is 19.2 Å². The number of hydrogen-bond acceptors (Lipinski definition) is 2. The Morgan fingerprint density at radius 2 is 2.17 bits per heavy atom. The minimum atomic E-state index is -0.444. The molecule has 0 bridgehead atoms. The zero-order valence-electron chi connectivity index (χ0n) is 6.93. The summed E-state index contributed by atoms with van der Waals surface area (Å²) in [6.07, 6.45) is 0.678. The molecular weight excluding hydrogens is 159 g/mol. The van der Waals surface area contributed by atoms with Crippen LogP contribution in [0, 0.1) is 12.7 Å². The summed E-state index contributed by atoms with van der Waals surface area (Å²) >= 11 is 0. The van der Waals surface area contributed by atoms with Crippen molar-refractivity contribution in [2.24, 2.45) is 0 Å². The van der Waals surface area contributed by atoms with Gasteiger partial charge in [-0.15, -0.1) is 0 Å². The van der Waals surface area contributed by atoms with Crippen LogP contribution in [0.1, 0.15) is 15.9 Å². The van der Waals surface area contributed by atoms with Crippen molar-refractivity contribution in [2.45, 2.75) is 6.92 Å². The van der Waals surface area contributed by atoms with Crippen LogP contribution in [0.4, 0.5) is 4.39 Å². The first-order valence-electron chi connectivity index (χ1n) is 3.48. The van der Waals surface area contributed by atoms with Crippen LogP contribution < -0.4 is 4.74 Å². The quantitative estimate of drug-likeness (QED) is 0.631. The van der Waals surface area contributed by atoms with Gasteiger partial charge in [-0.3, -0.25) is 4.79 Å². The minimum Gasteiger partial charge on any atom is -0.494 e. The lowest BCUT2D eigenvalue weighted by Crippen LogP contribution is -1.93. The number of aldehydes is 1. The molecule has 0 aliphatic rings. The standard InChI is InChI=1S/C9H9FO2/c1-6-3-8(10)9(12-2)4-7(6)5-11/h3-5H,1-2H3. The van der Waals surface area contributed by atoms with Gasteiger partial charge in [-0.25, -0.2) is 4.39 Å². The van der Waals surface area contributed by atoms with E-state index in [0.717, 1.165) is 0 Å². The number of benzene rings is 1. The van der Waals surface area contributed by atoms with Crippen molar-refractivity contribution in [3.8, 4) is 5.75 Å². The summed E-state index contributed by atoms with van der Waals surface area (Å²) in [4.78, 5) is 10.4. The second-order valence-corrected chi connectivity index (χ2v) is 2.46. The monoisotopic (exact) mass is 168 g/mol. The molecule has 0 aliphatic carbocycles. The molecule has 0 saturated heterocycles. The largest absolute Gasteiger partial charge is 0.494 e. The van der Waals surface area contributed by atoms with Crippen LogP contribution in [0.25, 0.3) is 0 Å². The molecule has 1 aromatic rings. The van der Waals surface area contributed by atoms with Crippen molar-refractivity contribution < 1.29 is 13.9 Å². The number of hydrogen-bond donors (Lipinski definition) is 0. The molecule has 0 N–H and O–H groups in total. The van der Waals surface area contributed by atoms with Gasteiger partial charge in [0, 0.05) is 5.56 Å². The van der Waals surface area contributed by atoms with Gasteiger partial charge >= 0.3 is 0 Å². The van der Waals surface area contributed by atoms with Crippen LogP contribution in [0.3, 0.4) is 0 Å². The first kappa shape index (κ1) is 8.71. The van der Waals surface area contributed by atoms with Gasteiger partial charge in [-0.1, -0.05) is 0 Å². The van der Waals surface area contributed by atoms with E-state index >= 15 is 0 Å². The fourth-order valence-corrected chi connectivity index (χ4v) is 0.952. The Kier molecular flexibility index (Phi) is 2.43. The van der Waals surface area contributed by atoms with Crippen molar-refractivity contribution in [3.05, 3.63) is 29.1 Å². The Labute approximate surface area is 70.0 Å². The number of halogens is 1. The van der Waals surface area contributed by atoms with Gasteiger partial charge in [0.15, 0.2) is 11.6 Å². The molecule has 0 unspecified atom stereocenters. The molecule has 0 spiro atoms. The highest BCUT2D eigenvalue weighted by molar-refractivity contribution is 5.77. The molecule has 2 nitrogen and oxygen atoms in total. The van der Waals surface area contributed by atoms with Gasteiger partial charge in [0.1, 0.15) is 6.29 Å². The SMILES string of the molecule is COc1cc(C=O)c(C)cc1F. The summed E-state index contributed by atoms with van der Waals surface area (Å²) in [6, 6.07) is 2.67. The molecule has 1 rings (SSSR count). The highest BCUT2D eigenvalue weighted by atomic mass is 19.1. The highest BCUT2D eigenvalue weighted by Crippen LogP contribution is 2.20. The predicted molar refractivity (Wildman–Crippen MR) is 43.1 cm³/mol. The van der Waals surface area contributed by atoms with Gasteiger partial charge in [-0.2, -0.15) is 0 Å². The van der Waals surface area contributed by atoms with Gasteiger partial charge in [0.2, 0.25) is 0 Å². The molecule has 12 heavy (non-hydrogen) atoms. The van der Waals surface area contributed by atoms with E-state index in [0.29, 0.717) is 17.4 Å². The van der Waals surface area contributed by atoms with E-state index in [4.69, 9.17) is 4.74 Å². The number of aryl methyl sites for hydroxylation is 1. The summed E-state index contributed by atoms with van der Waals surface area (Å²) in [5.74, 6) is -0.344. The second-order valence-electron chi connectivity index (χ2n) is 2.46. The number of carbonyl (C=O) groups is 1. The van der Waals surface area contributed by atoms with Crippen LogP contribution in [-0.2, 0) is 0 Å². The molecule has 0 aliphatic heterocycles. The molecule has 0 saturated carbocycles. The summed E-state index contributed by atoms with van der Waals surface area (Å²) in [6.45, 7) is 1.67. The van der Waals surface area contributed by atoms with Crippen LogP contribution >= 0.6 is 0 Å². The van der Waals surface area contributed by atoms with E-state index in [2.05, 4.69) is 0 Å². The van der Waals surface area contributed by atoms with Crippen molar-refractivity contribution in [3.63, 3.8) is 0 Å². The van der Waals surface area contributed by atoms with Gasteiger partial charge < -0.3 is 4.74 Å². The fraction of sp³-hybridized carbons (Fsp3) is 0.222. The molecule has 0 aromatic heterocycles. The van der Waals surface area contributed by atoms with Crippen molar-refractivity contribution >= 4 is 6.29 Å². The Balaban J connectivity index is 3.26. The maximum atomic E-state index is 12.9. The average molecular weight is 168 g/mol. The molecule has 1 aromatic carbocycles. The summed E-state index contributed by atoms with van der Waals surface area (Å²) in [7, 11) is 1.36. The smallest absolute Gasteiger partial charge is 0.165 e. The third kappa shape index (κ3) is 1.44. The topological polar surface area (TPSA) is 26.3 Å². The van der Waals surface area contributed by atoms with Gasteiger partial charge in [0.05, 0.1) is 7.11 Å². The van der Waals surface area contributed by atoms with Crippen LogP contribution in [0.5, 0.6) is 5.75 Å². The lowest BCUT2D eigenvalue weighted by Gasteiger charge is -2.04. The Morgan fingerprint density at radius 1 is 1.50 bits per heavy atom. The molecule has 64 valence electrons. The van der Waals surface area contributed by atoms with E-state index in [1.54, 1.807) is 6.92 Å². The van der Waals surface area contributed by atoms with Crippen LogP contribution in [0.2, 0.25) is 0 Å². The zero-order chi connectivity index (χ0) is 9.14. The first-order valence-corrected chi connectivity index (χ1v) is 3.48. The lowest BCUT2D eigenvalue weighted by atomic mass is 10.1. The third-order valence-electron chi connectivity index (χ3n) is 1.67. The zero-order valence-corrected chi connectivity index (χ0v) is 6.93. The summed E-state index contributed by atoms with van der Waals surface area (Å²) < 4.78 is 17.6. The molecule has 0 radical (unpaired) electrons. The Morgan fingerprint density at radius 3 is 2.67 bits per heavy atom. The summed E-state index contributed by atoms with van der Waals surface area (Å²) in [5, 5.41) is 0. The number of carbonyl (C=O) groups excluding carboxylic acids is 1. The van der Waals surface area contributed by atoms with Crippen molar-refractivity contribution in [1.29, 1.82) is 0 Å². The van der Waals surface area contributed by atoms with Gasteiger partial charge in [-0.05, 0) is 24.6 Å². The maximum Gasteiger partial charge on any atom is 0.165 e. The summed E-state index contributed by atoms with van der Waals surface area (Å²) in [5.41, 5.74) is 1.07. The van der Waals surface area contributed by atoms with Crippen molar-refractivity contribution in [2.75, 3.05) is 7.11 Å². The fourth-order valence-electron chi connectivity index (χ4n) is 0.952. The van der Waals surface area contributed by atoms with E-state index < -0.39 is 5.82 Å². The highest BCUT2D eigenvalue weighted by Gasteiger charge is 2.05. The average Bonchev–Trinajstić information content (AvgIpc) is 2.05. The Hall–Kier alpha value is -1.38. The normalized spacial score (nSPS) is 9.58. The van der Waals surface area contributed by atoms with E-state index in [1.807, 2.05) is 0 Å². The molecule has 0 amide bonds. The van der Waals surface area contributed by atoms with Crippen LogP contribution in [-0.4, -0.2) is 13.4 Å². The first-order chi connectivity index (χ1) is 5.69.